The Hall–Kier alpha value is -3.08. The summed E-state index contributed by atoms with van der Waals surface area (Å²) in [5.74, 6) is -1.66. The number of carboxylic acid groups (broad SMARTS) is 1. The molecule has 0 saturated carbocycles. The highest BCUT2D eigenvalue weighted by Crippen LogP contribution is 2.47. The quantitative estimate of drug-likeness (QED) is 0.375. The Balaban J connectivity index is 1.97. The van der Waals surface area contributed by atoms with E-state index in [-0.39, 0.29) is 29.1 Å². The molecule has 0 bridgehead atoms. The van der Waals surface area contributed by atoms with Gasteiger partial charge in [-0.1, -0.05) is 77.9 Å². The number of benzene rings is 2. The Morgan fingerprint density at radius 1 is 0.906 bits per heavy atom. The average Bonchev–Trinajstić information content (AvgIpc) is 2.96. The Kier molecular flexibility index (Phi) is 6.23. The van der Waals surface area contributed by atoms with Crippen LogP contribution in [-0.2, 0) is 25.1 Å². The average molecular weight is 436 g/mol. The van der Waals surface area contributed by atoms with Crippen LogP contribution in [0.1, 0.15) is 76.6 Å². The number of hydrogen-bond donors (Lipinski definition) is 0. The van der Waals surface area contributed by atoms with E-state index >= 15 is 0 Å². The maximum Gasteiger partial charge on any atom is 0.513 e. The van der Waals surface area contributed by atoms with Gasteiger partial charge in [0, 0.05) is 5.92 Å². The van der Waals surface area contributed by atoms with Crippen LogP contribution in [0.2, 0.25) is 0 Å². The number of fused-ring (bicyclic) bond motifs is 3. The van der Waals surface area contributed by atoms with Crippen molar-refractivity contribution in [3.8, 4) is 11.1 Å². The SMILES string of the molecule is C/C(=C/C(=O)[O-])OC(=O)OCC1c2cc(C(C)(C)C)ccc2-c2ccc(C(C)(C)C)cc21. The molecule has 0 spiro atoms. The van der Waals surface area contributed by atoms with E-state index in [0.717, 1.165) is 22.3 Å². The fourth-order valence-corrected chi connectivity index (χ4v) is 3.98. The van der Waals surface area contributed by atoms with E-state index in [4.69, 9.17) is 9.47 Å². The van der Waals surface area contributed by atoms with Gasteiger partial charge in [-0.15, -0.1) is 0 Å². The molecule has 3 rings (SSSR count). The van der Waals surface area contributed by atoms with Crippen molar-refractivity contribution >= 4 is 12.1 Å². The van der Waals surface area contributed by atoms with Crippen LogP contribution in [-0.4, -0.2) is 18.7 Å². The number of hydrogen-bond acceptors (Lipinski definition) is 5. The van der Waals surface area contributed by atoms with Gasteiger partial charge in [-0.3, -0.25) is 0 Å². The summed E-state index contributed by atoms with van der Waals surface area (Å²) in [7, 11) is 0. The standard InChI is InChI=1S/C27H32O5/c1-16(12-24(28)29)32-25(30)31-15-23-21-13-17(26(2,3)4)8-10-19(21)20-11-9-18(14-22(20)23)27(5,6)7/h8-14,23H,15H2,1-7H3,(H,28,29)/p-1/b16-12-. The lowest BCUT2D eigenvalue weighted by Gasteiger charge is -2.22. The van der Waals surface area contributed by atoms with Crippen LogP contribution in [0, 0.1) is 0 Å². The minimum atomic E-state index is -1.43. The Bertz CT molecular complexity index is 1020. The van der Waals surface area contributed by atoms with Crippen LogP contribution >= 0.6 is 0 Å². The van der Waals surface area contributed by atoms with Crippen LogP contribution in [0.5, 0.6) is 0 Å². The third-order valence-electron chi connectivity index (χ3n) is 5.81. The molecule has 0 radical (unpaired) electrons. The van der Waals surface area contributed by atoms with Gasteiger partial charge in [0.05, 0.1) is 5.97 Å². The molecule has 0 amide bonds. The second-order valence-corrected chi connectivity index (χ2v) is 10.4. The fraction of sp³-hybridized carbons (Fsp3) is 0.407. The zero-order valence-corrected chi connectivity index (χ0v) is 19.9. The third kappa shape index (κ3) is 5.04. The lowest BCUT2D eigenvalue weighted by Crippen LogP contribution is -2.20. The van der Waals surface area contributed by atoms with Gasteiger partial charge >= 0.3 is 6.16 Å². The molecule has 0 fully saturated rings. The largest absolute Gasteiger partial charge is 0.545 e. The molecule has 32 heavy (non-hydrogen) atoms. The first-order valence-electron chi connectivity index (χ1n) is 10.8. The van der Waals surface area contributed by atoms with Gasteiger partial charge < -0.3 is 19.4 Å². The van der Waals surface area contributed by atoms with Crippen molar-refractivity contribution in [1.82, 2.24) is 0 Å². The first kappa shape index (κ1) is 23.6. The Labute approximate surface area is 190 Å². The van der Waals surface area contributed by atoms with Gasteiger partial charge in [-0.05, 0) is 57.2 Å². The van der Waals surface area contributed by atoms with Crippen molar-refractivity contribution in [3.63, 3.8) is 0 Å². The van der Waals surface area contributed by atoms with Gasteiger partial charge in [0.15, 0.2) is 0 Å². The van der Waals surface area contributed by atoms with E-state index < -0.39 is 12.1 Å². The van der Waals surface area contributed by atoms with Crippen molar-refractivity contribution in [2.75, 3.05) is 6.61 Å². The maximum absolute atomic E-state index is 12.2. The summed E-state index contributed by atoms with van der Waals surface area (Å²) in [6, 6.07) is 13.0. The van der Waals surface area contributed by atoms with Gasteiger partial charge in [0.25, 0.3) is 0 Å². The third-order valence-corrected chi connectivity index (χ3v) is 5.81. The van der Waals surface area contributed by atoms with Crippen LogP contribution in [0.15, 0.2) is 48.2 Å². The minimum Gasteiger partial charge on any atom is -0.545 e. The zero-order valence-electron chi connectivity index (χ0n) is 19.9. The van der Waals surface area contributed by atoms with E-state index in [2.05, 4.69) is 77.9 Å². The molecule has 0 atom stereocenters. The topological polar surface area (TPSA) is 75.7 Å². The van der Waals surface area contributed by atoms with Crippen molar-refractivity contribution in [3.05, 3.63) is 70.5 Å². The number of carboxylic acids is 1. The van der Waals surface area contributed by atoms with Crippen LogP contribution in [0.4, 0.5) is 4.79 Å². The van der Waals surface area contributed by atoms with Crippen molar-refractivity contribution in [2.24, 2.45) is 0 Å². The molecule has 1 aliphatic carbocycles. The van der Waals surface area contributed by atoms with Gasteiger partial charge in [0.2, 0.25) is 0 Å². The molecule has 0 saturated heterocycles. The highest BCUT2D eigenvalue weighted by molar-refractivity contribution is 5.80. The summed E-state index contributed by atoms with van der Waals surface area (Å²) in [4.78, 5) is 22.8. The number of aliphatic carboxylic acids is 1. The summed E-state index contributed by atoms with van der Waals surface area (Å²) < 4.78 is 10.4. The molecule has 0 N–H and O–H groups in total. The summed E-state index contributed by atoms with van der Waals surface area (Å²) in [5.41, 5.74) is 6.91. The Morgan fingerprint density at radius 2 is 1.38 bits per heavy atom. The molecule has 1 aliphatic rings. The summed E-state index contributed by atoms with van der Waals surface area (Å²) in [6.45, 7) is 14.5. The summed E-state index contributed by atoms with van der Waals surface area (Å²) in [5, 5.41) is 10.6. The molecule has 2 aromatic rings. The number of rotatable bonds is 4. The van der Waals surface area contributed by atoms with E-state index in [9.17, 15) is 14.7 Å². The van der Waals surface area contributed by atoms with E-state index in [0.29, 0.717) is 6.08 Å². The number of allylic oxidation sites excluding steroid dienone is 1. The van der Waals surface area contributed by atoms with Crippen molar-refractivity contribution in [1.29, 1.82) is 0 Å². The molecule has 0 heterocycles. The lowest BCUT2D eigenvalue weighted by molar-refractivity contribution is -0.297. The van der Waals surface area contributed by atoms with E-state index in [1.807, 2.05) is 0 Å². The van der Waals surface area contributed by atoms with Crippen LogP contribution < -0.4 is 5.11 Å². The first-order valence-corrected chi connectivity index (χ1v) is 10.8. The van der Waals surface area contributed by atoms with Gasteiger partial charge in [-0.2, -0.15) is 0 Å². The predicted molar refractivity (Wildman–Crippen MR) is 122 cm³/mol. The molecule has 5 heteroatoms. The normalized spacial score (nSPS) is 14.0. The maximum atomic E-state index is 12.2. The lowest BCUT2D eigenvalue weighted by atomic mass is 9.83. The zero-order chi connectivity index (χ0) is 23.8. The van der Waals surface area contributed by atoms with Crippen molar-refractivity contribution in [2.45, 2.75) is 65.2 Å². The first-order chi connectivity index (χ1) is 14.8. The van der Waals surface area contributed by atoms with E-state index in [1.165, 1.54) is 18.1 Å². The van der Waals surface area contributed by atoms with Gasteiger partial charge in [-0.25, -0.2) is 4.79 Å². The van der Waals surface area contributed by atoms with Crippen LogP contribution in [0.3, 0.4) is 0 Å². The number of ether oxygens (including phenoxy) is 2. The fourth-order valence-electron chi connectivity index (χ4n) is 3.98. The number of carbonyl (C=O) groups is 2. The Morgan fingerprint density at radius 3 is 1.78 bits per heavy atom. The molecule has 5 nitrogen and oxygen atoms in total. The van der Waals surface area contributed by atoms with E-state index in [1.54, 1.807) is 0 Å². The van der Waals surface area contributed by atoms with Gasteiger partial charge in [0.1, 0.15) is 12.4 Å². The molecular weight excluding hydrogens is 404 g/mol. The molecular formula is C27H31O5-. The molecule has 170 valence electrons. The summed E-state index contributed by atoms with van der Waals surface area (Å²) >= 11 is 0. The molecule has 0 unspecified atom stereocenters. The highest BCUT2D eigenvalue weighted by Gasteiger charge is 2.32. The minimum absolute atomic E-state index is 0.0164. The smallest absolute Gasteiger partial charge is 0.513 e. The molecule has 0 aliphatic heterocycles. The highest BCUT2D eigenvalue weighted by atomic mass is 16.7. The molecule has 2 aromatic carbocycles. The second kappa shape index (κ2) is 8.45. The summed E-state index contributed by atoms with van der Waals surface area (Å²) in [6.07, 6.45) is -0.221. The number of carbonyl (C=O) groups excluding carboxylic acids is 2. The second-order valence-electron chi connectivity index (χ2n) is 10.4. The van der Waals surface area contributed by atoms with Crippen LogP contribution in [0.25, 0.3) is 11.1 Å². The molecule has 0 aromatic heterocycles. The monoisotopic (exact) mass is 435 g/mol. The predicted octanol–water partition coefficient (Wildman–Crippen LogP) is 5.20. The van der Waals surface area contributed by atoms with Crippen molar-refractivity contribution < 1.29 is 24.2 Å².